The Morgan fingerprint density at radius 3 is 2.60 bits per heavy atom. The van der Waals surface area contributed by atoms with Crippen molar-refractivity contribution in [2.45, 2.75) is 13.5 Å². The molecule has 0 radical (unpaired) electrons. The number of anilines is 1. The molecule has 0 saturated carbocycles. The smallest absolute Gasteiger partial charge is 0.145 e. The van der Waals surface area contributed by atoms with E-state index in [1.807, 2.05) is 67.6 Å². The number of nitrogen functional groups attached to an aromatic ring is 1. The third-order valence-electron chi connectivity index (χ3n) is 5.08. The van der Waals surface area contributed by atoms with Crippen molar-refractivity contribution >= 4 is 28.4 Å². The maximum atomic E-state index is 6.17. The zero-order valence-corrected chi connectivity index (χ0v) is 16.6. The second-order valence-electron chi connectivity index (χ2n) is 7.42. The van der Waals surface area contributed by atoms with E-state index in [9.17, 15) is 0 Å². The highest BCUT2D eigenvalue weighted by Gasteiger charge is 2.13. The predicted molar refractivity (Wildman–Crippen MR) is 123 cm³/mol. The molecule has 4 aromatic rings. The Balaban J connectivity index is 1.52. The highest BCUT2D eigenvalue weighted by molar-refractivity contribution is 5.97. The predicted octanol–water partition coefficient (Wildman–Crippen LogP) is 5.70. The van der Waals surface area contributed by atoms with Crippen LogP contribution in [0.3, 0.4) is 0 Å². The number of nitrogens with zero attached hydrogens (tertiary/aromatic N) is 1. The van der Waals surface area contributed by atoms with Gasteiger partial charge in [0.2, 0.25) is 0 Å². The van der Waals surface area contributed by atoms with Gasteiger partial charge in [0.05, 0.1) is 22.8 Å². The minimum absolute atomic E-state index is 0.496. The number of fused-ring (bicyclic) bond motifs is 1. The number of hydrogen-bond acceptors (Lipinski definition) is 3. The van der Waals surface area contributed by atoms with Gasteiger partial charge in [0.15, 0.2) is 0 Å². The van der Waals surface area contributed by atoms with Crippen LogP contribution in [0.5, 0.6) is 5.75 Å². The molecule has 2 aromatic heterocycles. The quantitative estimate of drug-likeness (QED) is 0.380. The molecule has 0 unspecified atom stereocenters. The number of nitrogens with one attached hydrogen (secondary N) is 2. The van der Waals surface area contributed by atoms with Crippen molar-refractivity contribution in [1.82, 2.24) is 9.97 Å². The van der Waals surface area contributed by atoms with E-state index in [1.54, 1.807) is 0 Å². The van der Waals surface area contributed by atoms with Crippen molar-refractivity contribution in [3.05, 3.63) is 89.8 Å². The van der Waals surface area contributed by atoms with Crippen LogP contribution in [0.1, 0.15) is 18.2 Å². The van der Waals surface area contributed by atoms with Crippen LogP contribution in [0, 0.1) is 0 Å². The topological polar surface area (TPSA) is 79.2 Å². The average Bonchev–Trinajstić information content (AvgIpc) is 3.45. The van der Waals surface area contributed by atoms with Gasteiger partial charge < -0.3 is 20.4 Å². The molecule has 5 rings (SSSR count). The number of nitrogens with two attached hydrogens (primary N) is 1. The first-order valence-corrected chi connectivity index (χ1v) is 9.87. The second kappa shape index (κ2) is 7.44. The molecular formula is C25H22N4O. The van der Waals surface area contributed by atoms with Crippen LogP contribution in [0.2, 0.25) is 0 Å². The van der Waals surface area contributed by atoms with Gasteiger partial charge in [0.1, 0.15) is 12.4 Å². The van der Waals surface area contributed by atoms with Crippen LogP contribution >= 0.6 is 0 Å². The van der Waals surface area contributed by atoms with Crippen LogP contribution in [0.15, 0.2) is 83.5 Å². The van der Waals surface area contributed by atoms with Crippen LogP contribution in [-0.2, 0) is 6.61 Å². The molecule has 0 spiro atoms. The van der Waals surface area contributed by atoms with E-state index in [0.717, 1.165) is 56.4 Å². The lowest BCUT2D eigenvalue weighted by atomic mass is 10.2. The summed E-state index contributed by atoms with van der Waals surface area (Å²) in [5.74, 6) is 0.785. The summed E-state index contributed by atoms with van der Waals surface area (Å²) in [6, 6.07) is 20.1. The Kier molecular flexibility index (Phi) is 4.48. The van der Waals surface area contributed by atoms with E-state index < -0.39 is 0 Å². The van der Waals surface area contributed by atoms with Crippen molar-refractivity contribution in [2.75, 3.05) is 5.73 Å². The Bertz CT molecular complexity index is 1310. The van der Waals surface area contributed by atoms with E-state index in [1.165, 1.54) is 0 Å². The fourth-order valence-corrected chi connectivity index (χ4v) is 3.57. The maximum Gasteiger partial charge on any atom is 0.145 e. The van der Waals surface area contributed by atoms with Gasteiger partial charge in [0, 0.05) is 28.4 Å². The summed E-state index contributed by atoms with van der Waals surface area (Å²) in [6.45, 7) is 2.48. The first-order valence-electron chi connectivity index (χ1n) is 9.87. The van der Waals surface area contributed by atoms with Gasteiger partial charge in [-0.25, -0.2) is 0 Å². The van der Waals surface area contributed by atoms with E-state index in [-0.39, 0.29) is 0 Å². The minimum Gasteiger partial charge on any atom is -0.487 e. The van der Waals surface area contributed by atoms with Gasteiger partial charge in [-0.05, 0) is 55.0 Å². The average molecular weight is 394 g/mol. The number of rotatable bonds is 5. The van der Waals surface area contributed by atoms with Crippen molar-refractivity contribution in [1.29, 1.82) is 0 Å². The Morgan fingerprint density at radius 2 is 1.80 bits per heavy atom. The summed E-state index contributed by atoms with van der Waals surface area (Å²) in [4.78, 5) is 11.5. The molecule has 5 heteroatoms. The number of hydrogen-bond donors (Lipinski definition) is 3. The number of aromatic nitrogens is 2. The molecule has 2 aromatic carbocycles. The number of benzene rings is 2. The highest BCUT2D eigenvalue weighted by Crippen LogP contribution is 2.32. The summed E-state index contributed by atoms with van der Waals surface area (Å²) in [6.07, 6.45) is 6.02. The molecule has 4 N–H and O–H groups in total. The number of H-pyrrole nitrogens is 2. The molecule has 30 heavy (non-hydrogen) atoms. The van der Waals surface area contributed by atoms with E-state index in [0.29, 0.717) is 6.61 Å². The molecule has 1 aliphatic heterocycles. The van der Waals surface area contributed by atoms with Crippen LogP contribution in [0.25, 0.3) is 28.4 Å². The van der Waals surface area contributed by atoms with Crippen molar-refractivity contribution in [3.8, 4) is 17.1 Å². The van der Waals surface area contributed by atoms with Crippen molar-refractivity contribution in [2.24, 2.45) is 4.99 Å². The van der Waals surface area contributed by atoms with E-state index >= 15 is 0 Å². The molecular weight excluding hydrogens is 372 g/mol. The summed E-state index contributed by atoms with van der Waals surface area (Å²) >= 11 is 0. The first kappa shape index (κ1) is 18.1. The molecule has 3 heterocycles. The fourth-order valence-electron chi connectivity index (χ4n) is 3.57. The largest absolute Gasteiger partial charge is 0.487 e. The lowest BCUT2D eigenvalue weighted by Gasteiger charge is -2.05. The normalized spacial score (nSPS) is 14.6. The van der Waals surface area contributed by atoms with Crippen LogP contribution in [0.4, 0.5) is 5.69 Å². The van der Waals surface area contributed by atoms with Gasteiger partial charge in [0.25, 0.3) is 0 Å². The lowest BCUT2D eigenvalue weighted by molar-refractivity contribution is 0.306. The third-order valence-corrected chi connectivity index (χ3v) is 5.08. The summed E-state index contributed by atoms with van der Waals surface area (Å²) in [5, 5.41) is 1.07. The highest BCUT2D eigenvalue weighted by atomic mass is 16.5. The van der Waals surface area contributed by atoms with Gasteiger partial charge >= 0.3 is 0 Å². The van der Waals surface area contributed by atoms with Crippen LogP contribution < -0.4 is 10.5 Å². The number of allylic oxidation sites excluding steroid dienone is 2. The van der Waals surface area contributed by atoms with Crippen LogP contribution in [-0.4, -0.2) is 15.7 Å². The summed E-state index contributed by atoms with van der Waals surface area (Å²) < 4.78 is 6.17. The molecule has 0 saturated heterocycles. The zero-order chi connectivity index (χ0) is 20.5. The molecule has 0 atom stereocenters. The number of aliphatic imine (C=N–C) groups is 1. The minimum atomic E-state index is 0.496. The molecule has 0 fully saturated rings. The van der Waals surface area contributed by atoms with Crippen molar-refractivity contribution in [3.63, 3.8) is 0 Å². The van der Waals surface area contributed by atoms with Gasteiger partial charge in [-0.15, -0.1) is 0 Å². The molecule has 148 valence electrons. The molecule has 1 aliphatic rings. The van der Waals surface area contributed by atoms with Gasteiger partial charge in [-0.3, -0.25) is 4.99 Å². The molecule has 0 amide bonds. The maximum absolute atomic E-state index is 6.17. The van der Waals surface area contributed by atoms with Crippen molar-refractivity contribution < 1.29 is 4.74 Å². The number of ether oxygens (including phenoxy) is 1. The molecule has 0 bridgehead atoms. The Morgan fingerprint density at radius 1 is 0.967 bits per heavy atom. The summed E-state index contributed by atoms with van der Waals surface area (Å²) in [5.41, 5.74) is 13.5. The van der Waals surface area contributed by atoms with Gasteiger partial charge in [-0.1, -0.05) is 30.3 Å². The lowest BCUT2D eigenvalue weighted by Crippen LogP contribution is -1.95. The monoisotopic (exact) mass is 394 g/mol. The Hall–Kier alpha value is -3.99. The number of aromatic amines is 2. The first-order chi connectivity index (χ1) is 14.6. The molecule has 0 aliphatic carbocycles. The van der Waals surface area contributed by atoms with E-state index in [4.69, 9.17) is 10.5 Å². The fraction of sp³-hybridized carbons (Fsp3) is 0.0800. The standard InChI is InChI=1S/C25H22N4O/c1-16-7-9-20(27-16)13-24-25(30-15-17-5-3-2-4-6-17)14-23(29-24)22-12-18-11-19(26)8-10-21(18)28-22/h2-14,28-29H,15,26H2,1H3/b20-13-. The Labute approximate surface area is 174 Å². The third kappa shape index (κ3) is 3.65. The zero-order valence-electron chi connectivity index (χ0n) is 16.6. The second-order valence-corrected chi connectivity index (χ2v) is 7.42. The SMILES string of the molecule is CC1=N/C(=C\c2[nH]c(-c3cc4cc(N)ccc4[nH]3)cc2OCc2ccccc2)C=C1. The van der Waals surface area contributed by atoms with Gasteiger partial charge in [-0.2, -0.15) is 0 Å². The summed E-state index contributed by atoms with van der Waals surface area (Å²) in [7, 11) is 0. The molecule has 5 nitrogen and oxygen atoms in total. The van der Waals surface area contributed by atoms with E-state index in [2.05, 4.69) is 33.2 Å².